The lowest BCUT2D eigenvalue weighted by molar-refractivity contribution is 0.0997. The Morgan fingerprint density at radius 3 is 2.93 bits per heavy atom. The Kier molecular flexibility index (Phi) is 5.71. The number of nitrogens with one attached hydrogen (secondary N) is 1. The van der Waals surface area contributed by atoms with E-state index in [0.717, 1.165) is 33.6 Å². The minimum Gasteiger partial charge on any atom is -0.489 e. The number of rotatable bonds is 7. The van der Waals surface area contributed by atoms with Crippen molar-refractivity contribution in [3.63, 3.8) is 0 Å². The van der Waals surface area contributed by atoms with Gasteiger partial charge in [-0.1, -0.05) is 30.6 Å². The molecule has 0 saturated heterocycles. The van der Waals surface area contributed by atoms with Crippen LogP contribution < -0.4 is 15.8 Å². The summed E-state index contributed by atoms with van der Waals surface area (Å²) in [6.07, 6.45) is 9.87. The van der Waals surface area contributed by atoms with Crippen molar-refractivity contribution in [1.29, 1.82) is 0 Å². The smallest absolute Gasteiger partial charge is 0.249 e. The summed E-state index contributed by atoms with van der Waals surface area (Å²) in [6, 6.07) is 7.45. The van der Waals surface area contributed by atoms with E-state index in [2.05, 4.69) is 15.3 Å². The van der Waals surface area contributed by atoms with Gasteiger partial charge >= 0.3 is 0 Å². The summed E-state index contributed by atoms with van der Waals surface area (Å²) in [5, 5.41) is 4.47. The van der Waals surface area contributed by atoms with Gasteiger partial charge in [-0.2, -0.15) is 0 Å². The third-order valence-corrected chi connectivity index (χ3v) is 6.17. The van der Waals surface area contributed by atoms with Crippen LogP contribution in [0, 0.1) is 5.92 Å². The molecule has 0 unspecified atom stereocenters. The van der Waals surface area contributed by atoms with Gasteiger partial charge in [-0.25, -0.2) is 4.98 Å². The fourth-order valence-electron chi connectivity index (χ4n) is 3.64. The largest absolute Gasteiger partial charge is 0.489 e. The molecule has 3 aromatic rings. The van der Waals surface area contributed by atoms with E-state index in [9.17, 15) is 4.79 Å². The number of carbonyl (C=O) groups excluding carboxylic acids is 1. The molecule has 0 spiro atoms. The highest BCUT2D eigenvalue weighted by Crippen LogP contribution is 2.31. The van der Waals surface area contributed by atoms with Gasteiger partial charge < -0.3 is 15.8 Å². The maximum absolute atomic E-state index is 11.5. The number of amides is 1. The summed E-state index contributed by atoms with van der Waals surface area (Å²) in [7, 11) is 0. The molecular formula is C21H24N4O2S. The van der Waals surface area contributed by atoms with Crippen molar-refractivity contribution in [3.05, 3.63) is 47.8 Å². The van der Waals surface area contributed by atoms with E-state index in [1.54, 1.807) is 29.8 Å². The van der Waals surface area contributed by atoms with Crippen molar-refractivity contribution in [2.24, 2.45) is 11.7 Å². The minimum absolute atomic E-state index is 0.239. The number of benzene rings is 1. The van der Waals surface area contributed by atoms with Crippen LogP contribution in [0.3, 0.4) is 0 Å². The summed E-state index contributed by atoms with van der Waals surface area (Å²) in [6.45, 7) is 1.24. The van der Waals surface area contributed by atoms with Crippen LogP contribution in [0.5, 0.6) is 5.75 Å². The van der Waals surface area contributed by atoms with Crippen LogP contribution in [-0.4, -0.2) is 22.4 Å². The van der Waals surface area contributed by atoms with Crippen molar-refractivity contribution in [3.8, 4) is 5.75 Å². The van der Waals surface area contributed by atoms with Crippen LogP contribution in [-0.2, 0) is 6.61 Å². The van der Waals surface area contributed by atoms with Gasteiger partial charge in [-0.3, -0.25) is 9.78 Å². The second-order valence-corrected chi connectivity index (χ2v) is 8.25. The highest BCUT2D eigenvalue weighted by atomic mass is 32.1. The molecule has 0 radical (unpaired) electrons. The molecule has 0 bridgehead atoms. The molecule has 1 fully saturated rings. The molecule has 2 aromatic heterocycles. The number of anilines is 1. The van der Waals surface area contributed by atoms with E-state index in [1.165, 1.54) is 32.1 Å². The first-order valence-electron chi connectivity index (χ1n) is 9.69. The molecule has 1 aromatic carbocycles. The molecule has 28 heavy (non-hydrogen) atoms. The molecule has 1 amide bonds. The van der Waals surface area contributed by atoms with Gasteiger partial charge in [-0.05, 0) is 43.0 Å². The van der Waals surface area contributed by atoms with E-state index in [-0.39, 0.29) is 6.61 Å². The van der Waals surface area contributed by atoms with Crippen LogP contribution in [0.25, 0.3) is 10.2 Å². The number of thiazole rings is 1. The molecule has 2 heterocycles. The standard InChI is InChI=1S/C21H24N4O2S/c22-20(26)17-8-9-23-12-15(17)13-27-16-6-7-18-19(10-16)28-21(25-18)24-11-14-4-2-1-3-5-14/h6-10,12,14H,1-5,11,13H2,(H2,22,26)(H,24,25). The van der Waals surface area contributed by atoms with Crippen LogP contribution in [0.15, 0.2) is 36.7 Å². The van der Waals surface area contributed by atoms with Gasteiger partial charge in [0.15, 0.2) is 5.13 Å². The summed E-state index contributed by atoms with van der Waals surface area (Å²) in [5.74, 6) is 1.01. The van der Waals surface area contributed by atoms with Crippen molar-refractivity contribution in [1.82, 2.24) is 9.97 Å². The average Bonchev–Trinajstić information content (AvgIpc) is 3.14. The fraction of sp³-hybridized carbons (Fsp3) is 0.381. The quantitative estimate of drug-likeness (QED) is 0.619. The zero-order chi connectivity index (χ0) is 19.3. The second-order valence-electron chi connectivity index (χ2n) is 7.22. The third-order valence-electron chi connectivity index (χ3n) is 5.19. The van der Waals surface area contributed by atoms with Crippen LogP contribution in [0.4, 0.5) is 5.13 Å². The van der Waals surface area contributed by atoms with Crippen LogP contribution in [0.1, 0.15) is 48.0 Å². The number of pyridine rings is 1. The Bertz CT molecular complexity index is 966. The van der Waals surface area contributed by atoms with E-state index >= 15 is 0 Å². The van der Waals surface area contributed by atoms with Crippen molar-refractivity contribution < 1.29 is 9.53 Å². The van der Waals surface area contributed by atoms with Gasteiger partial charge in [0.05, 0.1) is 10.2 Å². The van der Waals surface area contributed by atoms with E-state index < -0.39 is 5.91 Å². The maximum Gasteiger partial charge on any atom is 0.249 e. The lowest BCUT2D eigenvalue weighted by atomic mass is 9.89. The number of fused-ring (bicyclic) bond motifs is 1. The lowest BCUT2D eigenvalue weighted by Crippen LogP contribution is -2.16. The van der Waals surface area contributed by atoms with Gasteiger partial charge in [0.25, 0.3) is 0 Å². The molecule has 1 saturated carbocycles. The maximum atomic E-state index is 11.5. The number of nitrogens with two attached hydrogens (primary N) is 1. The van der Waals surface area contributed by atoms with E-state index in [4.69, 9.17) is 10.5 Å². The zero-order valence-electron chi connectivity index (χ0n) is 15.7. The average molecular weight is 397 g/mol. The highest BCUT2D eigenvalue weighted by molar-refractivity contribution is 7.22. The number of ether oxygens (including phenoxy) is 1. The highest BCUT2D eigenvalue weighted by Gasteiger charge is 2.14. The summed E-state index contributed by atoms with van der Waals surface area (Å²) >= 11 is 1.64. The molecule has 0 atom stereocenters. The molecule has 3 N–H and O–H groups in total. The van der Waals surface area contributed by atoms with E-state index in [1.807, 2.05) is 18.2 Å². The fourth-order valence-corrected chi connectivity index (χ4v) is 4.54. The molecule has 1 aliphatic carbocycles. The molecule has 1 aliphatic rings. The van der Waals surface area contributed by atoms with Gasteiger partial charge in [0.2, 0.25) is 5.91 Å². The predicted octanol–water partition coefficient (Wildman–Crippen LogP) is 4.36. The molecule has 4 rings (SSSR count). The van der Waals surface area contributed by atoms with Crippen LogP contribution >= 0.6 is 11.3 Å². The number of carbonyl (C=O) groups is 1. The summed E-state index contributed by atoms with van der Waals surface area (Å²) < 4.78 is 6.94. The first-order chi connectivity index (χ1) is 13.7. The summed E-state index contributed by atoms with van der Waals surface area (Å²) in [4.78, 5) is 20.2. The molecular weight excluding hydrogens is 372 g/mol. The first-order valence-corrected chi connectivity index (χ1v) is 10.5. The van der Waals surface area contributed by atoms with Gasteiger partial charge in [0.1, 0.15) is 12.4 Å². The molecule has 6 nitrogen and oxygen atoms in total. The third kappa shape index (κ3) is 4.42. The van der Waals surface area contributed by atoms with Crippen molar-refractivity contribution >= 4 is 32.6 Å². The molecule has 7 heteroatoms. The molecule has 0 aliphatic heterocycles. The minimum atomic E-state index is -0.479. The Balaban J connectivity index is 1.41. The number of hydrogen-bond donors (Lipinski definition) is 2. The van der Waals surface area contributed by atoms with Crippen molar-refractivity contribution in [2.45, 2.75) is 38.7 Å². The zero-order valence-corrected chi connectivity index (χ0v) is 16.5. The Morgan fingerprint density at radius 2 is 2.11 bits per heavy atom. The second kappa shape index (κ2) is 8.56. The number of nitrogens with zero attached hydrogens (tertiary/aromatic N) is 2. The Hall–Kier alpha value is -2.67. The number of primary amides is 1. The van der Waals surface area contributed by atoms with Crippen LogP contribution in [0.2, 0.25) is 0 Å². The normalized spacial score (nSPS) is 14.9. The van der Waals surface area contributed by atoms with Gasteiger partial charge in [0, 0.05) is 30.1 Å². The Labute approximate surface area is 168 Å². The summed E-state index contributed by atoms with van der Waals surface area (Å²) in [5.41, 5.74) is 7.48. The molecule has 146 valence electrons. The predicted molar refractivity (Wildman–Crippen MR) is 112 cm³/mol. The van der Waals surface area contributed by atoms with E-state index in [0.29, 0.717) is 11.1 Å². The number of hydrogen-bond acceptors (Lipinski definition) is 6. The Morgan fingerprint density at radius 1 is 1.25 bits per heavy atom. The lowest BCUT2D eigenvalue weighted by Gasteiger charge is -2.21. The topological polar surface area (TPSA) is 90.1 Å². The SMILES string of the molecule is NC(=O)c1ccncc1COc1ccc2nc(NCC3CCCCC3)sc2c1. The number of aromatic nitrogens is 2. The monoisotopic (exact) mass is 396 g/mol. The first kappa shape index (κ1) is 18.7. The van der Waals surface area contributed by atoms with Gasteiger partial charge in [-0.15, -0.1) is 0 Å². The van der Waals surface area contributed by atoms with Crippen molar-refractivity contribution in [2.75, 3.05) is 11.9 Å².